The summed E-state index contributed by atoms with van der Waals surface area (Å²) in [6, 6.07) is 1.50. The van der Waals surface area contributed by atoms with E-state index >= 15 is 0 Å². The van der Waals surface area contributed by atoms with Crippen molar-refractivity contribution in [3.8, 4) is 11.5 Å². The Kier molecular flexibility index (Phi) is 4.51. The highest BCUT2D eigenvalue weighted by Gasteiger charge is 2.12. The molecule has 0 saturated heterocycles. The van der Waals surface area contributed by atoms with Crippen molar-refractivity contribution in [2.24, 2.45) is 10.8 Å². The molecule has 86 valence electrons. The van der Waals surface area contributed by atoms with Crippen LogP contribution in [0.25, 0.3) is 0 Å². The molecule has 5 nitrogen and oxygen atoms in total. The van der Waals surface area contributed by atoms with Crippen LogP contribution in [0.2, 0.25) is 0 Å². The lowest BCUT2D eigenvalue weighted by Gasteiger charge is -2.06. The number of nitrogens with zero attached hydrogens (tertiary/aromatic N) is 1. The molecule has 0 saturated carbocycles. The molecular weight excluding hydrogens is 362 g/mol. The topological polar surface area (TPSA) is 90.9 Å². The summed E-state index contributed by atoms with van der Waals surface area (Å²) in [7, 11) is 0. The maximum absolute atomic E-state index is 9.66. The molecule has 0 unspecified atom stereocenters. The van der Waals surface area contributed by atoms with Crippen LogP contribution < -0.4 is 11.2 Å². The standard InChI is InChI=1S/C8H7Br2N3O2S/c9-4-1-3(2-12-13-8(11)16)6(14)5(10)7(4)15/h1-2,14-15H,(H3,11,13,16)/b12-2-. The molecule has 0 aromatic heterocycles. The van der Waals surface area contributed by atoms with Crippen LogP contribution in [0.5, 0.6) is 11.5 Å². The van der Waals surface area contributed by atoms with E-state index in [0.717, 1.165) is 0 Å². The van der Waals surface area contributed by atoms with Crippen LogP contribution in [0.4, 0.5) is 0 Å². The van der Waals surface area contributed by atoms with E-state index in [1.165, 1.54) is 12.3 Å². The smallest absolute Gasteiger partial charge is 0.184 e. The first kappa shape index (κ1) is 13.2. The molecule has 16 heavy (non-hydrogen) atoms. The molecule has 0 aliphatic rings. The Balaban J connectivity index is 3.06. The van der Waals surface area contributed by atoms with Gasteiger partial charge in [-0.3, -0.25) is 5.43 Å². The Hall–Kier alpha value is -0.860. The van der Waals surface area contributed by atoms with Crippen LogP contribution >= 0.6 is 44.1 Å². The summed E-state index contributed by atoms with van der Waals surface area (Å²) in [6.45, 7) is 0. The molecular formula is C8H7Br2N3O2S. The molecule has 1 aromatic carbocycles. The van der Waals surface area contributed by atoms with Crippen LogP contribution in [0.1, 0.15) is 5.56 Å². The monoisotopic (exact) mass is 367 g/mol. The number of halogens is 2. The molecule has 0 aliphatic heterocycles. The van der Waals surface area contributed by atoms with Crippen LogP contribution in [0.3, 0.4) is 0 Å². The van der Waals surface area contributed by atoms with Gasteiger partial charge in [-0.1, -0.05) is 0 Å². The summed E-state index contributed by atoms with van der Waals surface area (Å²) >= 11 is 10.7. The van der Waals surface area contributed by atoms with E-state index in [-0.39, 0.29) is 21.1 Å². The molecule has 0 fully saturated rings. The Bertz CT molecular complexity index is 465. The van der Waals surface area contributed by atoms with Gasteiger partial charge in [-0.25, -0.2) is 0 Å². The zero-order chi connectivity index (χ0) is 12.3. The first-order chi connectivity index (χ1) is 7.43. The second-order valence-electron chi connectivity index (χ2n) is 2.69. The highest BCUT2D eigenvalue weighted by molar-refractivity contribution is 9.11. The van der Waals surface area contributed by atoms with Gasteiger partial charge in [0.1, 0.15) is 16.0 Å². The van der Waals surface area contributed by atoms with Crippen molar-refractivity contribution in [2.75, 3.05) is 0 Å². The number of thiocarbonyl (C=S) groups is 1. The Morgan fingerprint density at radius 1 is 1.44 bits per heavy atom. The fraction of sp³-hybridized carbons (Fsp3) is 0. The average molecular weight is 369 g/mol. The third kappa shape index (κ3) is 3.06. The minimum atomic E-state index is -0.130. The molecule has 0 bridgehead atoms. The molecule has 0 spiro atoms. The van der Waals surface area contributed by atoms with Gasteiger partial charge in [0.2, 0.25) is 0 Å². The largest absolute Gasteiger partial charge is 0.506 e. The number of hydrogen-bond acceptors (Lipinski definition) is 4. The number of rotatable bonds is 2. The number of aromatic hydroxyl groups is 2. The maximum atomic E-state index is 9.66. The summed E-state index contributed by atoms with van der Waals surface area (Å²) in [6.07, 6.45) is 1.32. The third-order valence-electron chi connectivity index (χ3n) is 1.58. The zero-order valence-electron chi connectivity index (χ0n) is 7.74. The van der Waals surface area contributed by atoms with Gasteiger partial charge < -0.3 is 15.9 Å². The normalized spacial score (nSPS) is 10.6. The number of nitrogens with one attached hydrogen (secondary N) is 1. The minimum Gasteiger partial charge on any atom is -0.506 e. The molecule has 0 radical (unpaired) electrons. The summed E-state index contributed by atoms with van der Waals surface area (Å²) in [5.41, 5.74) is 7.90. The predicted octanol–water partition coefficient (Wildman–Crippen LogP) is 1.79. The maximum Gasteiger partial charge on any atom is 0.184 e. The summed E-state index contributed by atoms with van der Waals surface area (Å²) < 4.78 is 0.604. The van der Waals surface area contributed by atoms with Crippen LogP contribution in [-0.2, 0) is 0 Å². The van der Waals surface area contributed by atoms with Crippen molar-refractivity contribution in [1.29, 1.82) is 0 Å². The molecule has 8 heteroatoms. The SMILES string of the molecule is NC(=S)N/N=C\c1cc(Br)c(O)c(Br)c1O. The van der Waals surface area contributed by atoms with Gasteiger partial charge in [0.15, 0.2) is 5.11 Å². The second kappa shape index (κ2) is 5.46. The minimum absolute atomic E-state index is 0.0210. The first-order valence-corrected chi connectivity index (χ1v) is 5.91. The predicted molar refractivity (Wildman–Crippen MR) is 72.7 cm³/mol. The zero-order valence-corrected chi connectivity index (χ0v) is 11.7. The van der Waals surface area contributed by atoms with Crippen molar-refractivity contribution < 1.29 is 10.2 Å². The molecule has 1 aromatic rings. The lowest BCUT2D eigenvalue weighted by Crippen LogP contribution is -2.24. The molecule has 0 atom stereocenters. The van der Waals surface area contributed by atoms with E-state index in [0.29, 0.717) is 10.0 Å². The summed E-state index contributed by atoms with van der Waals surface area (Å²) in [5.74, 6) is -0.217. The Morgan fingerprint density at radius 2 is 2.06 bits per heavy atom. The fourth-order valence-electron chi connectivity index (χ4n) is 0.881. The van der Waals surface area contributed by atoms with E-state index in [9.17, 15) is 10.2 Å². The molecule has 0 aliphatic carbocycles. The molecule has 0 heterocycles. The van der Waals surface area contributed by atoms with E-state index in [2.05, 4.69) is 54.6 Å². The number of phenolic OH excluding ortho intramolecular Hbond substituents is 2. The highest BCUT2D eigenvalue weighted by atomic mass is 79.9. The van der Waals surface area contributed by atoms with Crippen molar-refractivity contribution in [1.82, 2.24) is 5.43 Å². The number of hydrogen-bond donors (Lipinski definition) is 4. The van der Waals surface area contributed by atoms with Crippen molar-refractivity contribution in [3.05, 3.63) is 20.6 Å². The Morgan fingerprint density at radius 3 is 2.62 bits per heavy atom. The van der Waals surface area contributed by atoms with Gasteiger partial charge in [-0.05, 0) is 50.1 Å². The Labute approximate surface area is 114 Å². The van der Waals surface area contributed by atoms with Crippen LogP contribution in [-0.4, -0.2) is 21.5 Å². The quantitative estimate of drug-likeness (QED) is 0.363. The second-order valence-corrected chi connectivity index (χ2v) is 4.78. The third-order valence-corrected chi connectivity index (χ3v) is 3.02. The van der Waals surface area contributed by atoms with E-state index in [4.69, 9.17) is 5.73 Å². The molecule has 5 N–H and O–H groups in total. The van der Waals surface area contributed by atoms with E-state index in [1.54, 1.807) is 0 Å². The van der Waals surface area contributed by atoms with Crippen molar-refractivity contribution >= 4 is 55.4 Å². The van der Waals surface area contributed by atoms with Crippen LogP contribution in [0, 0.1) is 0 Å². The number of phenols is 2. The summed E-state index contributed by atoms with van der Waals surface area (Å²) in [4.78, 5) is 0. The highest BCUT2D eigenvalue weighted by Crippen LogP contribution is 2.40. The number of nitrogens with two attached hydrogens (primary N) is 1. The number of hydrazone groups is 1. The van der Waals surface area contributed by atoms with Gasteiger partial charge in [0.25, 0.3) is 0 Å². The van der Waals surface area contributed by atoms with Gasteiger partial charge in [0.05, 0.1) is 10.7 Å². The average Bonchev–Trinajstić information content (AvgIpc) is 2.22. The van der Waals surface area contributed by atoms with Gasteiger partial charge in [-0.2, -0.15) is 5.10 Å². The van der Waals surface area contributed by atoms with E-state index < -0.39 is 0 Å². The van der Waals surface area contributed by atoms with Crippen molar-refractivity contribution in [3.63, 3.8) is 0 Å². The first-order valence-electron chi connectivity index (χ1n) is 3.92. The molecule has 0 amide bonds. The van der Waals surface area contributed by atoms with Gasteiger partial charge >= 0.3 is 0 Å². The molecule has 1 rings (SSSR count). The van der Waals surface area contributed by atoms with Gasteiger partial charge in [-0.15, -0.1) is 0 Å². The lowest BCUT2D eigenvalue weighted by molar-refractivity contribution is 0.442. The van der Waals surface area contributed by atoms with E-state index in [1.807, 2.05) is 0 Å². The lowest BCUT2D eigenvalue weighted by atomic mass is 10.2. The van der Waals surface area contributed by atoms with Crippen LogP contribution in [0.15, 0.2) is 20.1 Å². The van der Waals surface area contributed by atoms with Crippen molar-refractivity contribution in [2.45, 2.75) is 0 Å². The summed E-state index contributed by atoms with van der Waals surface area (Å²) in [5, 5.41) is 22.8. The van der Waals surface area contributed by atoms with Gasteiger partial charge in [0, 0.05) is 5.56 Å². The fourth-order valence-corrected chi connectivity index (χ4v) is 2.09. The number of benzene rings is 1.